The Morgan fingerprint density at radius 2 is 2.05 bits per heavy atom. The van der Waals surface area contributed by atoms with Gasteiger partial charge in [-0.05, 0) is 32.5 Å². The summed E-state index contributed by atoms with van der Waals surface area (Å²) in [6, 6.07) is 1.79. The molecule has 0 aromatic carbocycles. The lowest BCUT2D eigenvalue weighted by molar-refractivity contribution is 0.302. The van der Waals surface area contributed by atoms with Crippen LogP contribution in [-0.2, 0) is 0 Å². The zero-order valence-electron chi connectivity index (χ0n) is 12.4. The van der Waals surface area contributed by atoms with Crippen LogP contribution in [0.1, 0.15) is 33.6 Å². The molecule has 0 atom stereocenters. The van der Waals surface area contributed by atoms with Gasteiger partial charge in [-0.1, -0.05) is 20.8 Å². The van der Waals surface area contributed by atoms with E-state index >= 15 is 0 Å². The van der Waals surface area contributed by atoms with Crippen LogP contribution < -0.4 is 10.1 Å². The maximum atomic E-state index is 5.48. The molecule has 0 saturated heterocycles. The SMILES string of the molecule is CCCOc1ccnc(NCCCN(CC)CC)n1. The number of anilines is 1. The van der Waals surface area contributed by atoms with Gasteiger partial charge in [0.15, 0.2) is 0 Å². The Bertz CT molecular complexity index is 342. The zero-order valence-corrected chi connectivity index (χ0v) is 12.4. The summed E-state index contributed by atoms with van der Waals surface area (Å²) < 4.78 is 5.48. The highest BCUT2D eigenvalue weighted by molar-refractivity contribution is 5.27. The van der Waals surface area contributed by atoms with Crippen LogP contribution in [0.15, 0.2) is 12.3 Å². The zero-order chi connectivity index (χ0) is 13.9. The normalized spacial score (nSPS) is 10.7. The number of hydrogen-bond donors (Lipinski definition) is 1. The molecular formula is C14H26N4O. The Morgan fingerprint density at radius 3 is 2.74 bits per heavy atom. The molecule has 0 radical (unpaired) electrons. The number of ether oxygens (including phenoxy) is 1. The predicted octanol–water partition coefficient (Wildman–Crippen LogP) is 2.41. The Balaban J connectivity index is 2.28. The van der Waals surface area contributed by atoms with Crippen molar-refractivity contribution in [1.82, 2.24) is 14.9 Å². The molecule has 0 aliphatic rings. The number of hydrogen-bond acceptors (Lipinski definition) is 5. The molecule has 5 heteroatoms. The van der Waals surface area contributed by atoms with Gasteiger partial charge in [-0.15, -0.1) is 0 Å². The molecule has 0 aliphatic carbocycles. The summed E-state index contributed by atoms with van der Waals surface area (Å²) in [6.45, 7) is 11.3. The molecule has 0 amide bonds. The van der Waals surface area contributed by atoms with Crippen LogP contribution >= 0.6 is 0 Å². The number of rotatable bonds is 10. The summed E-state index contributed by atoms with van der Waals surface area (Å²) in [6.07, 6.45) is 3.80. The minimum absolute atomic E-state index is 0.642. The first-order valence-electron chi connectivity index (χ1n) is 7.22. The minimum Gasteiger partial charge on any atom is -0.478 e. The predicted molar refractivity (Wildman–Crippen MR) is 78.7 cm³/mol. The van der Waals surface area contributed by atoms with E-state index in [1.54, 1.807) is 12.3 Å². The molecule has 19 heavy (non-hydrogen) atoms. The van der Waals surface area contributed by atoms with Crippen molar-refractivity contribution in [2.24, 2.45) is 0 Å². The molecule has 108 valence electrons. The van der Waals surface area contributed by atoms with Crippen LogP contribution in [0.5, 0.6) is 5.88 Å². The number of nitrogens with one attached hydrogen (secondary N) is 1. The second-order valence-electron chi connectivity index (χ2n) is 4.37. The molecule has 1 aromatic rings. The molecule has 0 saturated carbocycles. The van der Waals surface area contributed by atoms with E-state index in [1.807, 2.05) is 0 Å². The second-order valence-corrected chi connectivity index (χ2v) is 4.37. The molecule has 1 heterocycles. The highest BCUT2D eigenvalue weighted by Gasteiger charge is 2.01. The molecule has 5 nitrogen and oxygen atoms in total. The van der Waals surface area contributed by atoms with Crippen molar-refractivity contribution in [3.05, 3.63) is 12.3 Å². The Labute approximate surface area is 116 Å². The maximum absolute atomic E-state index is 5.48. The van der Waals surface area contributed by atoms with E-state index in [-0.39, 0.29) is 0 Å². The van der Waals surface area contributed by atoms with Crippen molar-refractivity contribution < 1.29 is 4.74 Å². The van der Waals surface area contributed by atoms with Crippen LogP contribution in [0.4, 0.5) is 5.95 Å². The summed E-state index contributed by atoms with van der Waals surface area (Å²) in [5.41, 5.74) is 0. The molecule has 0 spiro atoms. The number of nitrogens with zero attached hydrogens (tertiary/aromatic N) is 3. The lowest BCUT2D eigenvalue weighted by Gasteiger charge is -2.17. The van der Waals surface area contributed by atoms with Gasteiger partial charge < -0.3 is 15.0 Å². The fourth-order valence-electron chi connectivity index (χ4n) is 1.76. The van der Waals surface area contributed by atoms with Crippen molar-refractivity contribution in [2.75, 3.05) is 38.1 Å². The largest absolute Gasteiger partial charge is 0.478 e. The van der Waals surface area contributed by atoms with E-state index in [1.165, 1.54) is 0 Å². The lowest BCUT2D eigenvalue weighted by Crippen LogP contribution is -2.25. The fourth-order valence-corrected chi connectivity index (χ4v) is 1.76. The van der Waals surface area contributed by atoms with E-state index in [0.29, 0.717) is 18.4 Å². The monoisotopic (exact) mass is 266 g/mol. The standard InChI is InChI=1S/C14H26N4O/c1-4-12-19-13-8-10-16-14(17-13)15-9-7-11-18(5-2)6-3/h8,10H,4-7,9,11-12H2,1-3H3,(H,15,16,17). The van der Waals surface area contributed by atoms with Crippen LogP contribution in [0.25, 0.3) is 0 Å². The topological polar surface area (TPSA) is 50.3 Å². The van der Waals surface area contributed by atoms with Crippen molar-refractivity contribution >= 4 is 5.95 Å². The Hall–Kier alpha value is -1.36. The van der Waals surface area contributed by atoms with Gasteiger partial charge in [-0.3, -0.25) is 0 Å². The molecule has 0 aliphatic heterocycles. The molecular weight excluding hydrogens is 240 g/mol. The summed E-state index contributed by atoms with van der Waals surface area (Å²) in [7, 11) is 0. The first kappa shape index (κ1) is 15.7. The van der Waals surface area contributed by atoms with Crippen molar-refractivity contribution in [1.29, 1.82) is 0 Å². The molecule has 0 fully saturated rings. The third-order valence-electron chi connectivity index (χ3n) is 2.91. The molecule has 0 unspecified atom stereocenters. The summed E-state index contributed by atoms with van der Waals surface area (Å²) in [5.74, 6) is 1.29. The first-order chi connectivity index (χ1) is 9.30. The average molecular weight is 266 g/mol. The molecule has 1 rings (SSSR count). The van der Waals surface area contributed by atoms with Gasteiger partial charge in [0.1, 0.15) is 0 Å². The molecule has 0 bridgehead atoms. The molecule has 1 aromatic heterocycles. The van der Waals surface area contributed by atoms with Gasteiger partial charge in [-0.2, -0.15) is 4.98 Å². The van der Waals surface area contributed by atoms with Crippen molar-refractivity contribution in [2.45, 2.75) is 33.6 Å². The third kappa shape index (κ3) is 6.38. The average Bonchev–Trinajstić information content (AvgIpc) is 2.46. The third-order valence-corrected chi connectivity index (χ3v) is 2.91. The summed E-state index contributed by atoms with van der Waals surface area (Å²) in [4.78, 5) is 10.9. The van der Waals surface area contributed by atoms with Crippen LogP contribution in [0.3, 0.4) is 0 Å². The maximum Gasteiger partial charge on any atom is 0.225 e. The van der Waals surface area contributed by atoms with E-state index in [4.69, 9.17) is 4.74 Å². The smallest absolute Gasteiger partial charge is 0.225 e. The van der Waals surface area contributed by atoms with Crippen LogP contribution in [0, 0.1) is 0 Å². The molecule has 1 N–H and O–H groups in total. The van der Waals surface area contributed by atoms with Gasteiger partial charge in [-0.25, -0.2) is 4.98 Å². The van der Waals surface area contributed by atoms with Crippen LogP contribution in [0.2, 0.25) is 0 Å². The highest BCUT2D eigenvalue weighted by atomic mass is 16.5. The lowest BCUT2D eigenvalue weighted by atomic mass is 10.3. The fraction of sp³-hybridized carbons (Fsp3) is 0.714. The van der Waals surface area contributed by atoms with Crippen molar-refractivity contribution in [3.8, 4) is 5.88 Å². The van der Waals surface area contributed by atoms with Gasteiger partial charge in [0.25, 0.3) is 0 Å². The highest BCUT2D eigenvalue weighted by Crippen LogP contribution is 2.08. The Kier molecular flexibility index (Phi) is 7.89. The van der Waals surface area contributed by atoms with Gasteiger partial charge >= 0.3 is 0 Å². The first-order valence-corrected chi connectivity index (χ1v) is 7.22. The number of aromatic nitrogens is 2. The van der Waals surface area contributed by atoms with Gasteiger partial charge in [0.05, 0.1) is 6.61 Å². The van der Waals surface area contributed by atoms with E-state index in [0.717, 1.165) is 39.0 Å². The minimum atomic E-state index is 0.642. The van der Waals surface area contributed by atoms with Gasteiger partial charge in [0.2, 0.25) is 11.8 Å². The summed E-state index contributed by atoms with van der Waals surface area (Å²) >= 11 is 0. The van der Waals surface area contributed by atoms with Gasteiger partial charge in [0, 0.05) is 18.8 Å². The van der Waals surface area contributed by atoms with Crippen molar-refractivity contribution in [3.63, 3.8) is 0 Å². The van der Waals surface area contributed by atoms with Crippen LogP contribution in [-0.4, -0.2) is 47.7 Å². The van der Waals surface area contributed by atoms with E-state index in [2.05, 4.69) is 41.0 Å². The quantitative estimate of drug-likeness (QED) is 0.659. The second kappa shape index (κ2) is 9.55. The van der Waals surface area contributed by atoms with E-state index < -0.39 is 0 Å². The Morgan fingerprint density at radius 1 is 1.26 bits per heavy atom. The van der Waals surface area contributed by atoms with E-state index in [9.17, 15) is 0 Å². The summed E-state index contributed by atoms with van der Waals surface area (Å²) in [5, 5.41) is 3.24.